The number of aromatic nitrogens is 5. The van der Waals surface area contributed by atoms with Crippen molar-refractivity contribution in [2.24, 2.45) is 5.92 Å². The molecule has 0 unspecified atom stereocenters. The van der Waals surface area contributed by atoms with Crippen LogP contribution in [0, 0.1) is 19.8 Å². The van der Waals surface area contributed by atoms with E-state index in [1.54, 1.807) is 0 Å². The van der Waals surface area contributed by atoms with Crippen molar-refractivity contribution in [3.8, 4) is 0 Å². The van der Waals surface area contributed by atoms with Gasteiger partial charge in [0.25, 0.3) is 5.56 Å². The second kappa shape index (κ2) is 8.75. The lowest BCUT2D eigenvalue weighted by Gasteiger charge is -2.36. The smallest absolute Gasteiger partial charge is 0.253 e. The first-order valence-electron chi connectivity index (χ1n) is 11.8. The van der Waals surface area contributed by atoms with E-state index in [1.807, 2.05) is 11.6 Å². The second-order valence-corrected chi connectivity index (χ2v) is 9.54. The number of pyridine rings is 1. The van der Waals surface area contributed by atoms with Crippen LogP contribution >= 0.6 is 0 Å². The molecule has 0 bridgehead atoms. The Balaban J connectivity index is 1.63. The molecule has 170 valence electrons. The average molecular weight is 437 g/mol. The van der Waals surface area contributed by atoms with Gasteiger partial charge in [-0.25, -0.2) is 4.68 Å². The highest BCUT2D eigenvalue weighted by atomic mass is 16.5. The Morgan fingerprint density at radius 3 is 2.84 bits per heavy atom. The summed E-state index contributed by atoms with van der Waals surface area (Å²) in [5.74, 6) is 1.29. The van der Waals surface area contributed by atoms with Gasteiger partial charge < -0.3 is 9.72 Å². The average Bonchev–Trinajstić information content (AvgIpc) is 3.45. The van der Waals surface area contributed by atoms with Crippen LogP contribution in [0.3, 0.4) is 0 Å². The van der Waals surface area contributed by atoms with E-state index in [1.165, 1.54) is 6.42 Å². The fourth-order valence-corrected chi connectivity index (χ4v) is 5.27. The SMILES string of the molecule is Cc1ccc(C)c2[nH]c(=O)c([C@H](c3nnnn3C[C@@H]3CCCO3)N3CCC[C@H](C)C3)cc12. The maximum absolute atomic E-state index is 13.4. The number of aromatic amines is 1. The maximum Gasteiger partial charge on any atom is 0.253 e. The number of fused-ring (bicyclic) bond motifs is 1. The number of nitrogens with zero attached hydrogens (tertiary/aromatic N) is 5. The topological polar surface area (TPSA) is 88.9 Å². The quantitative estimate of drug-likeness (QED) is 0.661. The van der Waals surface area contributed by atoms with Gasteiger partial charge in [0.2, 0.25) is 0 Å². The van der Waals surface area contributed by atoms with Gasteiger partial charge in [-0.1, -0.05) is 19.1 Å². The van der Waals surface area contributed by atoms with E-state index < -0.39 is 0 Å². The Morgan fingerprint density at radius 2 is 2.06 bits per heavy atom. The molecule has 8 heteroatoms. The minimum atomic E-state index is -0.290. The molecule has 1 N–H and O–H groups in total. The van der Waals surface area contributed by atoms with Crippen LogP contribution in [0.25, 0.3) is 10.9 Å². The molecule has 0 amide bonds. The van der Waals surface area contributed by atoms with Crippen molar-refractivity contribution < 1.29 is 4.74 Å². The Bertz CT molecular complexity index is 1160. The standard InChI is InChI=1S/C24H32N6O2/c1-15-6-4-10-29(13-15)22(23-26-27-28-30(23)14-18-7-5-11-32-18)20-12-19-16(2)8-9-17(3)21(19)25-24(20)31/h8-9,12,15,18,22H,4-7,10-11,13-14H2,1-3H3,(H,25,31)/t15-,18-,22+/m0/s1. The van der Waals surface area contributed by atoms with Gasteiger partial charge in [0.15, 0.2) is 5.82 Å². The van der Waals surface area contributed by atoms with Crippen molar-refractivity contribution in [3.63, 3.8) is 0 Å². The van der Waals surface area contributed by atoms with Crippen LogP contribution in [0.15, 0.2) is 23.0 Å². The van der Waals surface area contributed by atoms with E-state index in [4.69, 9.17) is 4.74 Å². The number of hydrogen-bond donors (Lipinski definition) is 1. The van der Waals surface area contributed by atoms with E-state index in [-0.39, 0.29) is 17.7 Å². The van der Waals surface area contributed by atoms with E-state index in [0.717, 1.165) is 66.8 Å². The van der Waals surface area contributed by atoms with Crippen molar-refractivity contribution in [2.75, 3.05) is 19.7 Å². The molecule has 0 aliphatic carbocycles. The monoisotopic (exact) mass is 436 g/mol. The number of nitrogens with one attached hydrogen (secondary N) is 1. The fraction of sp³-hybridized carbons (Fsp3) is 0.583. The first-order chi connectivity index (χ1) is 15.5. The number of benzene rings is 1. The van der Waals surface area contributed by atoms with Crippen molar-refractivity contribution in [1.82, 2.24) is 30.1 Å². The van der Waals surface area contributed by atoms with Gasteiger partial charge >= 0.3 is 0 Å². The summed E-state index contributed by atoms with van der Waals surface area (Å²) in [6.07, 6.45) is 4.51. The van der Waals surface area contributed by atoms with Gasteiger partial charge in [-0.05, 0) is 79.6 Å². The van der Waals surface area contributed by atoms with Gasteiger partial charge in [-0.3, -0.25) is 9.69 Å². The minimum absolute atomic E-state index is 0.0684. The lowest BCUT2D eigenvalue weighted by atomic mass is 9.95. The van der Waals surface area contributed by atoms with Crippen LogP contribution in [0.4, 0.5) is 0 Å². The number of piperidine rings is 1. The molecule has 2 aliphatic heterocycles. The summed E-state index contributed by atoms with van der Waals surface area (Å²) in [6.45, 7) is 9.64. The molecule has 2 saturated heterocycles. The normalized spacial score (nSPS) is 23.1. The fourth-order valence-electron chi connectivity index (χ4n) is 5.27. The molecule has 1 aromatic carbocycles. The summed E-state index contributed by atoms with van der Waals surface area (Å²) in [7, 11) is 0. The van der Waals surface area contributed by atoms with Gasteiger partial charge in [-0.2, -0.15) is 0 Å². The maximum atomic E-state index is 13.4. The van der Waals surface area contributed by atoms with Crippen molar-refractivity contribution in [2.45, 2.75) is 65.1 Å². The molecule has 32 heavy (non-hydrogen) atoms. The summed E-state index contributed by atoms with van der Waals surface area (Å²) in [5.41, 5.74) is 3.77. The van der Waals surface area contributed by atoms with Crippen LogP contribution < -0.4 is 5.56 Å². The first-order valence-corrected chi connectivity index (χ1v) is 11.8. The molecule has 2 fully saturated rings. The molecule has 4 heterocycles. The molecular weight excluding hydrogens is 404 g/mol. The molecule has 2 aliphatic rings. The third-order valence-electron chi connectivity index (χ3n) is 7.03. The third kappa shape index (κ3) is 3.97. The summed E-state index contributed by atoms with van der Waals surface area (Å²) in [6, 6.07) is 5.94. The zero-order chi connectivity index (χ0) is 22.2. The lowest BCUT2D eigenvalue weighted by Crippen LogP contribution is -2.41. The molecular formula is C24H32N6O2. The summed E-state index contributed by atoms with van der Waals surface area (Å²) < 4.78 is 7.70. The number of ether oxygens (including phenoxy) is 1. The number of H-pyrrole nitrogens is 1. The zero-order valence-electron chi connectivity index (χ0n) is 19.2. The van der Waals surface area contributed by atoms with E-state index >= 15 is 0 Å². The van der Waals surface area contributed by atoms with Crippen LogP contribution in [0.5, 0.6) is 0 Å². The van der Waals surface area contributed by atoms with Gasteiger partial charge in [0.05, 0.1) is 18.2 Å². The Hall–Kier alpha value is -2.58. The molecule has 5 rings (SSSR count). The molecule has 0 spiro atoms. The predicted molar refractivity (Wildman–Crippen MR) is 123 cm³/mol. The highest BCUT2D eigenvalue weighted by molar-refractivity contribution is 5.85. The summed E-state index contributed by atoms with van der Waals surface area (Å²) in [5, 5.41) is 13.8. The van der Waals surface area contributed by atoms with Gasteiger partial charge in [-0.15, -0.1) is 5.10 Å². The minimum Gasteiger partial charge on any atom is -0.376 e. The van der Waals surface area contributed by atoms with Crippen molar-refractivity contribution >= 4 is 10.9 Å². The number of aryl methyl sites for hydroxylation is 2. The van der Waals surface area contributed by atoms with E-state index in [9.17, 15) is 4.79 Å². The predicted octanol–water partition coefficient (Wildman–Crippen LogP) is 3.13. The lowest BCUT2D eigenvalue weighted by molar-refractivity contribution is 0.0889. The number of rotatable bonds is 5. The number of tetrazole rings is 1. The highest BCUT2D eigenvalue weighted by Crippen LogP contribution is 2.32. The zero-order valence-corrected chi connectivity index (χ0v) is 19.2. The molecule has 3 aromatic rings. The highest BCUT2D eigenvalue weighted by Gasteiger charge is 2.33. The number of hydrogen-bond acceptors (Lipinski definition) is 6. The van der Waals surface area contributed by atoms with Crippen molar-refractivity contribution in [3.05, 3.63) is 51.1 Å². The van der Waals surface area contributed by atoms with E-state index in [2.05, 4.69) is 57.5 Å². The molecule has 2 aromatic heterocycles. The molecule has 8 nitrogen and oxygen atoms in total. The third-order valence-corrected chi connectivity index (χ3v) is 7.03. The summed E-state index contributed by atoms with van der Waals surface area (Å²) >= 11 is 0. The Labute approximate surface area is 188 Å². The molecule has 0 saturated carbocycles. The van der Waals surface area contributed by atoms with Gasteiger partial charge in [0.1, 0.15) is 6.04 Å². The molecule has 3 atom stereocenters. The van der Waals surface area contributed by atoms with Crippen molar-refractivity contribution in [1.29, 1.82) is 0 Å². The molecule has 0 radical (unpaired) electrons. The van der Waals surface area contributed by atoms with Crippen LogP contribution in [-0.4, -0.2) is 55.9 Å². The van der Waals surface area contributed by atoms with E-state index in [0.29, 0.717) is 18.0 Å². The van der Waals surface area contributed by atoms with Crippen LogP contribution in [0.1, 0.15) is 61.2 Å². The second-order valence-electron chi connectivity index (χ2n) is 9.54. The Kier molecular flexibility index (Phi) is 5.82. The van der Waals surface area contributed by atoms with Crippen LogP contribution in [0.2, 0.25) is 0 Å². The van der Waals surface area contributed by atoms with Gasteiger partial charge in [0, 0.05) is 24.1 Å². The first kappa shape index (κ1) is 21.3. The number of likely N-dealkylation sites (tertiary alicyclic amines) is 1. The Morgan fingerprint density at radius 1 is 1.22 bits per heavy atom. The van der Waals surface area contributed by atoms with Crippen LogP contribution in [-0.2, 0) is 11.3 Å². The largest absolute Gasteiger partial charge is 0.376 e. The summed E-state index contributed by atoms with van der Waals surface area (Å²) in [4.78, 5) is 19.0.